The molecule has 10 heteroatoms. The number of aromatic nitrogens is 1. The lowest BCUT2D eigenvalue weighted by atomic mass is 10.1. The highest BCUT2D eigenvalue weighted by Gasteiger charge is 2.18. The van der Waals surface area contributed by atoms with Crippen LogP contribution in [-0.4, -0.2) is 39.3 Å². The van der Waals surface area contributed by atoms with Crippen LogP contribution in [0.2, 0.25) is 5.02 Å². The Morgan fingerprint density at radius 1 is 1.00 bits per heavy atom. The summed E-state index contributed by atoms with van der Waals surface area (Å²) >= 11 is 7.51. The molecule has 8 nitrogen and oxygen atoms in total. The largest absolute Gasteiger partial charge is 0.494 e. The third kappa shape index (κ3) is 3.71. The fourth-order valence-corrected chi connectivity index (χ4v) is 3.67. The number of hydrogen-bond acceptors (Lipinski definition) is 8. The first kappa shape index (κ1) is 19.8. The number of fused-ring (bicyclic) bond motifs is 1. The molecular weight excluding hydrogens is 406 g/mol. The highest BCUT2D eigenvalue weighted by atomic mass is 35.5. The van der Waals surface area contributed by atoms with E-state index in [0.29, 0.717) is 44.2 Å². The molecule has 3 rings (SSSR count). The number of halogens is 1. The number of benzene rings is 2. The number of thiazole rings is 1. The lowest BCUT2D eigenvalue weighted by Gasteiger charge is -2.14. The zero-order chi connectivity index (χ0) is 20.3. The van der Waals surface area contributed by atoms with E-state index >= 15 is 0 Å². The second-order valence-electron chi connectivity index (χ2n) is 5.44. The van der Waals surface area contributed by atoms with Crippen LogP contribution in [0.15, 0.2) is 24.3 Å². The van der Waals surface area contributed by atoms with Gasteiger partial charge < -0.3 is 18.9 Å². The molecule has 28 heavy (non-hydrogen) atoms. The van der Waals surface area contributed by atoms with Gasteiger partial charge in [0.05, 0.1) is 38.2 Å². The van der Waals surface area contributed by atoms with Gasteiger partial charge >= 0.3 is 0 Å². The number of carbonyl (C=O) groups excluding carboxylic acids is 1. The number of hydrogen-bond donors (Lipinski definition) is 2. The van der Waals surface area contributed by atoms with Crippen LogP contribution in [0.4, 0.5) is 5.13 Å². The van der Waals surface area contributed by atoms with Crippen molar-refractivity contribution < 1.29 is 23.7 Å². The predicted octanol–water partition coefficient (Wildman–Crippen LogP) is 3.74. The van der Waals surface area contributed by atoms with Crippen molar-refractivity contribution in [1.29, 1.82) is 0 Å². The molecule has 0 atom stereocenters. The van der Waals surface area contributed by atoms with Crippen molar-refractivity contribution in [2.75, 3.05) is 33.9 Å². The summed E-state index contributed by atoms with van der Waals surface area (Å²) in [5.41, 5.74) is 6.33. The van der Waals surface area contributed by atoms with E-state index in [4.69, 9.17) is 30.5 Å². The predicted molar refractivity (Wildman–Crippen MR) is 108 cm³/mol. The normalized spacial score (nSPS) is 10.5. The molecule has 0 unspecified atom stereocenters. The first-order valence-corrected chi connectivity index (χ1v) is 9.21. The second-order valence-corrected chi connectivity index (χ2v) is 6.85. The molecule has 0 bridgehead atoms. The third-order valence-corrected chi connectivity index (χ3v) is 5.32. The van der Waals surface area contributed by atoms with Crippen molar-refractivity contribution >= 4 is 44.2 Å². The smallest absolute Gasteiger partial charge is 0.269 e. The molecule has 2 N–H and O–H groups in total. The summed E-state index contributed by atoms with van der Waals surface area (Å²) < 4.78 is 21.8. The molecule has 148 valence electrons. The zero-order valence-corrected chi connectivity index (χ0v) is 17.2. The molecule has 0 fully saturated rings. The standard InChI is InChI=1S/C18H18ClN3O5S/c1-24-11-6-5-10(19)16-14(11)20-18(28-16)22-21-17(23)9-7-12(25-2)15(27-4)13(8-9)26-3/h5-8H,1-4H3,(H,20,22)(H,21,23). The number of methoxy groups -OCH3 is 4. The summed E-state index contributed by atoms with van der Waals surface area (Å²) in [6.45, 7) is 0. The molecule has 0 saturated heterocycles. The summed E-state index contributed by atoms with van der Waals surface area (Å²) in [6.07, 6.45) is 0. The van der Waals surface area contributed by atoms with E-state index in [2.05, 4.69) is 15.8 Å². The van der Waals surface area contributed by atoms with Crippen LogP contribution in [0.1, 0.15) is 10.4 Å². The maximum Gasteiger partial charge on any atom is 0.269 e. The van der Waals surface area contributed by atoms with E-state index in [-0.39, 0.29) is 0 Å². The Labute approximate surface area is 170 Å². The number of ether oxygens (including phenoxy) is 4. The molecule has 1 heterocycles. The lowest BCUT2D eigenvalue weighted by molar-refractivity contribution is 0.0962. The number of rotatable bonds is 7. The molecule has 0 saturated carbocycles. The molecule has 2 aromatic carbocycles. The van der Waals surface area contributed by atoms with Gasteiger partial charge in [-0.15, -0.1) is 0 Å². The number of nitrogens with one attached hydrogen (secondary N) is 2. The summed E-state index contributed by atoms with van der Waals surface area (Å²) in [6, 6.07) is 6.58. The molecule has 1 amide bonds. The Balaban J connectivity index is 1.83. The zero-order valence-electron chi connectivity index (χ0n) is 15.6. The number of carbonyl (C=O) groups is 1. The van der Waals surface area contributed by atoms with Crippen LogP contribution in [0.3, 0.4) is 0 Å². The topological polar surface area (TPSA) is 90.9 Å². The van der Waals surface area contributed by atoms with Crippen LogP contribution >= 0.6 is 22.9 Å². The highest BCUT2D eigenvalue weighted by molar-refractivity contribution is 7.22. The summed E-state index contributed by atoms with van der Waals surface area (Å²) in [5.74, 6) is 1.35. The van der Waals surface area contributed by atoms with Gasteiger partial charge in [-0.05, 0) is 24.3 Å². The van der Waals surface area contributed by atoms with E-state index < -0.39 is 5.91 Å². The third-order valence-electron chi connectivity index (χ3n) is 3.89. The van der Waals surface area contributed by atoms with Gasteiger partial charge in [0, 0.05) is 5.56 Å². The van der Waals surface area contributed by atoms with Gasteiger partial charge in [-0.1, -0.05) is 22.9 Å². The van der Waals surface area contributed by atoms with Crippen LogP contribution < -0.4 is 29.8 Å². The minimum Gasteiger partial charge on any atom is -0.494 e. The summed E-state index contributed by atoms with van der Waals surface area (Å²) in [7, 11) is 6.01. The number of hydrazine groups is 1. The van der Waals surface area contributed by atoms with Crippen molar-refractivity contribution in [2.45, 2.75) is 0 Å². The molecule has 0 aliphatic carbocycles. The fourth-order valence-electron chi connectivity index (χ4n) is 2.57. The minimum absolute atomic E-state index is 0.318. The summed E-state index contributed by atoms with van der Waals surface area (Å²) in [4.78, 5) is 17.0. The van der Waals surface area contributed by atoms with Crippen molar-refractivity contribution in [3.63, 3.8) is 0 Å². The molecule has 0 aliphatic rings. The maximum atomic E-state index is 12.6. The maximum absolute atomic E-state index is 12.6. The Morgan fingerprint density at radius 3 is 2.21 bits per heavy atom. The van der Waals surface area contributed by atoms with Crippen LogP contribution in [0, 0.1) is 0 Å². The Hall–Kier alpha value is -2.91. The minimum atomic E-state index is -0.406. The van der Waals surface area contributed by atoms with Gasteiger partial charge in [-0.2, -0.15) is 0 Å². The number of anilines is 1. The number of nitrogens with zero attached hydrogens (tertiary/aromatic N) is 1. The van der Waals surface area contributed by atoms with Crippen molar-refractivity contribution in [1.82, 2.24) is 10.4 Å². The lowest BCUT2D eigenvalue weighted by Crippen LogP contribution is -2.29. The van der Waals surface area contributed by atoms with Gasteiger partial charge in [0.1, 0.15) is 11.3 Å². The Morgan fingerprint density at radius 2 is 1.64 bits per heavy atom. The second kappa shape index (κ2) is 8.41. The average Bonchev–Trinajstić information content (AvgIpc) is 3.16. The quantitative estimate of drug-likeness (QED) is 0.559. The van der Waals surface area contributed by atoms with Gasteiger partial charge in [0.15, 0.2) is 11.5 Å². The van der Waals surface area contributed by atoms with Gasteiger partial charge in [0.25, 0.3) is 5.91 Å². The van der Waals surface area contributed by atoms with E-state index in [1.54, 1.807) is 31.4 Å². The Kier molecular flexibility index (Phi) is 5.96. The van der Waals surface area contributed by atoms with Gasteiger partial charge in [-0.3, -0.25) is 15.6 Å². The van der Waals surface area contributed by atoms with Crippen LogP contribution in [-0.2, 0) is 0 Å². The fraction of sp³-hybridized carbons (Fsp3) is 0.222. The molecule has 0 spiro atoms. The SMILES string of the molecule is COc1cc(C(=O)NNc2nc3c(OC)ccc(Cl)c3s2)cc(OC)c1OC. The van der Waals surface area contributed by atoms with E-state index in [0.717, 1.165) is 4.70 Å². The van der Waals surface area contributed by atoms with Crippen molar-refractivity contribution in [3.05, 3.63) is 34.9 Å². The average molecular weight is 424 g/mol. The highest BCUT2D eigenvalue weighted by Crippen LogP contribution is 2.39. The number of amides is 1. The van der Waals surface area contributed by atoms with Crippen molar-refractivity contribution in [2.24, 2.45) is 0 Å². The van der Waals surface area contributed by atoms with E-state index in [9.17, 15) is 4.79 Å². The molecule has 0 radical (unpaired) electrons. The van der Waals surface area contributed by atoms with E-state index in [1.165, 1.54) is 32.7 Å². The van der Waals surface area contributed by atoms with Gasteiger partial charge in [-0.25, -0.2) is 4.98 Å². The Bertz CT molecular complexity index is 999. The molecule has 3 aromatic rings. The van der Waals surface area contributed by atoms with E-state index in [1.807, 2.05) is 0 Å². The molecule has 1 aromatic heterocycles. The van der Waals surface area contributed by atoms with Crippen molar-refractivity contribution in [3.8, 4) is 23.0 Å². The summed E-state index contributed by atoms with van der Waals surface area (Å²) in [5, 5.41) is 1.01. The van der Waals surface area contributed by atoms with Gasteiger partial charge in [0.2, 0.25) is 10.9 Å². The molecule has 0 aliphatic heterocycles. The monoisotopic (exact) mass is 423 g/mol. The van der Waals surface area contributed by atoms with Crippen LogP contribution in [0.5, 0.6) is 23.0 Å². The first-order valence-electron chi connectivity index (χ1n) is 8.01. The van der Waals surface area contributed by atoms with Crippen LogP contribution in [0.25, 0.3) is 10.2 Å². The molecular formula is C18H18ClN3O5S. The first-order chi connectivity index (χ1) is 13.5.